The molecule has 0 radical (unpaired) electrons. The number of nitriles is 2. The van der Waals surface area contributed by atoms with Crippen LogP contribution in [-0.4, -0.2) is 0 Å². The minimum Gasteiger partial charge on any atom is -0.470 e. The smallest absolute Gasteiger partial charge is 0.172 e. The van der Waals surface area contributed by atoms with Crippen LogP contribution in [0.25, 0.3) is 0 Å². The van der Waals surface area contributed by atoms with Crippen molar-refractivity contribution in [3.05, 3.63) is 24.7 Å². The number of ether oxygens (including phenoxy) is 1. The molecule has 0 aromatic carbocycles. The molecule has 0 fully saturated rings. The van der Waals surface area contributed by atoms with E-state index in [0.717, 1.165) is 0 Å². The van der Waals surface area contributed by atoms with Gasteiger partial charge in [-0.3, -0.25) is 0 Å². The van der Waals surface area contributed by atoms with E-state index in [1.807, 2.05) is 12.1 Å². The van der Waals surface area contributed by atoms with Crippen molar-refractivity contribution in [3.8, 4) is 12.1 Å². The van der Waals surface area contributed by atoms with Crippen LogP contribution in [0.3, 0.4) is 0 Å². The molecule has 54 valence electrons. The van der Waals surface area contributed by atoms with Gasteiger partial charge in [-0.15, -0.1) is 0 Å². The van der Waals surface area contributed by atoms with Crippen LogP contribution in [0.4, 0.5) is 0 Å². The summed E-state index contributed by atoms with van der Waals surface area (Å²) in [6.07, 6.45) is 3.04. The summed E-state index contributed by atoms with van der Waals surface area (Å²) in [6.45, 7) is 3.53. The van der Waals surface area contributed by atoms with Crippen LogP contribution in [0, 0.1) is 28.1 Å². The molecule has 0 aromatic rings. The molecule has 1 aliphatic rings. The Morgan fingerprint density at radius 1 is 1.55 bits per heavy atom. The third-order valence-electron chi connectivity index (χ3n) is 1.46. The Kier molecular flexibility index (Phi) is 1.66. The molecule has 3 nitrogen and oxygen atoms in total. The first-order chi connectivity index (χ1) is 5.22. The van der Waals surface area contributed by atoms with E-state index < -0.39 is 5.41 Å². The number of allylic oxidation sites excluding steroid dienone is 2. The fourth-order valence-electron chi connectivity index (χ4n) is 0.837. The molecule has 0 unspecified atom stereocenters. The number of nitrogens with zero attached hydrogens (tertiary/aromatic N) is 2. The molecule has 0 bridgehead atoms. The molecule has 1 rings (SSSR count). The second kappa shape index (κ2) is 2.48. The summed E-state index contributed by atoms with van der Waals surface area (Å²) in [5.74, 6) is 0.454. The summed E-state index contributed by atoms with van der Waals surface area (Å²) >= 11 is 0. The first-order valence-electron chi connectivity index (χ1n) is 3.07. The van der Waals surface area contributed by atoms with Crippen molar-refractivity contribution in [2.75, 3.05) is 0 Å². The molecule has 0 saturated heterocycles. The van der Waals surface area contributed by atoms with Crippen LogP contribution in [-0.2, 0) is 4.74 Å². The predicted octanol–water partition coefficient (Wildman–Crippen LogP) is 1.47. The summed E-state index contributed by atoms with van der Waals surface area (Å²) < 4.78 is 4.86. The molecule has 0 aromatic heterocycles. The van der Waals surface area contributed by atoms with Gasteiger partial charge >= 0.3 is 0 Å². The monoisotopic (exact) mass is 146 g/mol. The Morgan fingerprint density at radius 2 is 2.18 bits per heavy atom. The topological polar surface area (TPSA) is 56.8 Å². The summed E-state index contributed by atoms with van der Waals surface area (Å²) in [5, 5.41) is 17.3. The number of hydrogen-bond acceptors (Lipinski definition) is 3. The van der Waals surface area contributed by atoms with Crippen LogP contribution >= 0.6 is 0 Å². The molecule has 1 heterocycles. The summed E-state index contributed by atoms with van der Waals surface area (Å²) in [6, 6.07) is 3.82. The largest absolute Gasteiger partial charge is 0.470 e. The van der Waals surface area contributed by atoms with Crippen molar-refractivity contribution in [1.29, 1.82) is 10.5 Å². The van der Waals surface area contributed by atoms with Gasteiger partial charge in [0, 0.05) is 6.42 Å². The lowest BCUT2D eigenvalue weighted by Crippen LogP contribution is -2.17. The van der Waals surface area contributed by atoms with Crippen LogP contribution < -0.4 is 0 Å². The molecule has 3 heteroatoms. The molecule has 11 heavy (non-hydrogen) atoms. The van der Waals surface area contributed by atoms with E-state index in [4.69, 9.17) is 15.3 Å². The maximum absolute atomic E-state index is 8.64. The first-order valence-corrected chi connectivity index (χ1v) is 3.07. The van der Waals surface area contributed by atoms with Crippen molar-refractivity contribution in [2.45, 2.75) is 6.42 Å². The van der Waals surface area contributed by atoms with Gasteiger partial charge in [0.2, 0.25) is 0 Å². The van der Waals surface area contributed by atoms with E-state index in [2.05, 4.69) is 6.58 Å². The van der Waals surface area contributed by atoms with Gasteiger partial charge in [-0.25, -0.2) is 0 Å². The average Bonchev–Trinajstić information content (AvgIpc) is 2.04. The van der Waals surface area contributed by atoms with Gasteiger partial charge in [0.1, 0.15) is 0 Å². The minimum atomic E-state index is -1.06. The Hall–Kier alpha value is -1.74. The fraction of sp³-hybridized carbons (Fsp3) is 0.250. The molecular weight excluding hydrogens is 140 g/mol. The molecule has 0 saturated carbocycles. The second-order valence-corrected chi connectivity index (χ2v) is 2.33. The molecule has 0 amide bonds. The van der Waals surface area contributed by atoms with Crippen molar-refractivity contribution in [3.63, 3.8) is 0 Å². The molecule has 1 aliphatic heterocycles. The van der Waals surface area contributed by atoms with E-state index in [0.29, 0.717) is 5.76 Å². The van der Waals surface area contributed by atoms with E-state index in [9.17, 15) is 0 Å². The van der Waals surface area contributed by atoms with Crippen molar-refractivity contribution < 1.29 is 4.74 Å². The van der Waals surface area contributed by atoms with Gasteiger partial charge < -0.3 is 4.74 Å². The molecule has 0 N–H and O–H groups in total. The standard InChI is InChI=1S/C8H6N2O/c1-7-4-8(5-9,6-10)2-3-11-7/h2-3H,1,4H2. The lowest BCUT2D eigenvalue weighted by molar-refractivity contribution is 0.291. The maximum Gasteiger partial charge on any atom is 0.172 e. The number of hydrogen-bond donors (Lipinski definition) is 0. The second-order valence-electron chi connectivity index (χ2n) is 2.33. The lowest BCUT2D eigenvalue weighted by Gasteiger charge is -2.18. The minimum absolute atomic E-state index is 0.260. The summed E-state index contributed by atoms with van der Waals surface area (Å²) in [4.78, 5) is 0. The van der Waals surface area contributed by atoms with E-state index >= 15 is 0 Å². The van der Waals surface area contributed by atoms with Gasteiger partial charge in [0.05, 0.1) is 24.2 Å². The average molecular weight is 146 g/mol. The Balaban J connectivity index is 2.98. The Morgan fingerprint density at radius 3 is 2.55 bits per heavy atom. The van der Waals surface area contributed by atoms with Crippen LogP contribution in [0.15, 0.2) is 24.7 Å². The zero-order chi connectivity index (χ0) is 8.32. The van der Waals surface area contributed by atoms with Gasteiger partial charge in [-0.1, -0.05) is 6.58 Å². The third kappa shape index (κ3) is 1.22. The zero-order valence-electron chi connectivity index (χ0n) is 5.87. The zero-order valence-corrected chi connectivity index (χ0v) is 5.87. The summed E-state index contributed by atoms with van der Waals surface area (Å²) in [5.41, 5.74) is -1.06. The van der Waals surface area contributed by atoms with E-state index in [-0.39, 0.29) is 6.42 Å². The van der Waals surface area contributed by atoms with E-state index in [1.54, 1.807) is 0 Å². The lowest BCUT2D eigenvalue weighted by atomic mass is 9.86. The Bertz CT molecular complexity index is 276. The first kappa shape index (κ1) is 7.37. The molecule has 0 spiro atoms. The third-order valence-corrected chi connectivity index (χ3v) is 1.46. The highest BCUT2D eigenvalue weighted by atomic mass is 16.5. The fourth-order valence-corrected chi connectivity index (χ4v) is 0.837. The van der Waals surface area contributed by atoms with Gasteiger partial charge in [-0.2, -0.15) is 10.5 Å². The highest BCUT2D eigenvalue weighted by Gasteiger charge is 2.31. The van der Waals surface area contributed by atoms with Crippen LogP contribution in [0.2, 0.25) is 0 Å². The van der Waals surface area contributed by atoms with Crippen LogP contribution in [0.5, 0.6) is 0 Å². The van der Waals surface area contributed by atoms with Crippen molar-refractivity contribution in [2.24, 2.45) is 5.41 Å². The number of rotatable bonds is 0. The maximum atomic E-state index is 8.64. The highest BCUT2D eigenvalue weighted by molar-refractivity contribution is 5.28. The SMILES string of the molecule is C=C1CC(C#N)(C#N)C=CO1. The highest BCUT2D eigenvalue weighted by Crippen LogP contribution is 2.30. The van der Waals surface area contributed by atoms with Crippen molar-refractivity contribution in [1.82, 2.24) is 0 Å². The quantitative estimate of drug-likeness (QED) is 0.520. The molecule has 0 aliphatic carbocycles. The summed E-state index contributed by atoms with van der Waals surface area (Å²) in [7, 11) is 0. The van der Waals surface area contributed by atoms with Crippen LogP contribution in [0.1, 0.15) is 6.42 Å². The van der Waals surface area contributed by atoms with Crippen molar-refractivity contribution >= 4 is 0 Å². The van der Waals surface area contributed by atoms with Gasteiger partial charge in [0.25, 0.3) is 0 Å². The Labute approximate surface area is 64.8 Å². The molecule has 0 atom stereocenters. The molecular formula is C8H6N2O. The predicted molar refractivity (Wildman–Crippen MR) is 37.6 cm³/mol. The normalized spacial score (nSPS) is 19.6. The van der Waals surface area contributed by atoms with E-state index in [1.165, 1.54) is 12.3 Å². The van der Waals surface area contributed by atoms with Gasteiger partial charge in [0.15, 0.2) is 5.41 Å². The van der Waals surface area contributed by atoms with Gasteiger partial charge in [-0.05, 0) is 6.08 Å².